The molecule has 0 radical (unpaired) electrons. The number of aryl methyl sites for hydroxylation is 2. The summed E-state index contributed by atoms with van der Waals surface area (Å²) in [7, 11) is 0. The van der Waals surface area contributed by atoms with Gasteiger partial charge in [-0.2, -0.15) is 0 Å². The Labute approximate surface area is 306 Å². The summed E-state index contributed by atoms with van der Waals surface area (Å²) in [5.41, 5.74) is 9.03. The van der Waals surface area contributed by atoms with Gasteiger partial charge in [0.25, 0.3) is 0 Å². The van der Waals surface area contributed by atoms with Crippen molar-refractivity contribution < 1.29 is 28.2 Å². The molecule has 0 aliphatic carbocycles. The molecule has 7 heteroatoms. The van der Waals surface area contributed by atoms with Gasteiger partial charge in [0.15, 0.2) is 0 Å². The number of benzene rings is 6. The van der Waals surface area contributed by atoms with E-state index in [1.165, 1.54) is 37.1 Å². The average Bonchev–Trinajstić information content (AvgIpc) is 3.87. The quantitative estimate of drug-likeness (QED) is 0.177. The molecule has 0 bridgehead atoms. The first kappa shape index (κ1) is 25.9. The summed E-state index contributed by atoms with van der Waals surface area (Å²) in [5.74, 6) is 2.15. The second kappa shape index (κ2) is 10.5. The molecule has 6 aromatic carbocycles. The van der Waals surface area contributed by atoms with Gasteiger partial charge >= 0.3 is 198 Å². The fourth-order valence-corrected chi connectivity index (χ4v) is 8.90. The summed E-state index contributed by atoms with van der Waals surface area (Å²) in [4.78, 5) is 4.87. The minimum atomic E-state index is -2.33. The van der Waals surface area contributed by atoms with Gasteiger partial charge in [0.05, 0.1) is 16.6 Å². The first-order chi connectivity index (χ1) is 26.2. The number of para-hydroxylation sites is 4. The molecule has 0 atom stereocenters. The van der Waals surface area contributed by atoms with Crippen molar-refractivity contribution in [3.63, 3.8) is 0 Å². The maximum atomic E-state index is 8.23. The van der Waals surface area contributed by atoms with Crippen LogP contribution in [0.5, 0.6) is 11.5 Å². The summed E-state index contributed by atoms with van der Waals surface area (Å²) >= 11 is 2.10. The topological polar surface area (TPSA) is 41.3 Å². The molecule has 51 heavy (non-hydrogen) atoms. The van der Waals surface area contributed by atoms with Crippen LogP contribution in [0.2, 0.25) is 0 Å². The Morgan fingerprint density at radius 3 is 2.14 bits per heavy atom. The molecule has 0 saturated carbocycles. The van der Waals surface area contributed by atoms with E-state index in [4.69, 9.17) is 13.8 Å². The number of aromatic nitrogens is 5. The second-order valence-corrected chi connectivity index (χ2v) is 14.2. The number of hydrogen-bond donors (Lipinski definition) is 0. The standard InChI is InChI=1S/C44H29N5O.Pt/c1-27-19-20-45-43(21-27)48-40-23-30(50-29-10-7-9-28(22-29)47-26-46(2)38-15-5-6-16-39(38)47)17-18-32(40)35-24-36-34-13-8-12-33-31-11-3-4-14-37(31)49(44(33)34)42(36)25-41(35)48;/h3-25H,1-2H3;/i2D3;. The first-order valence-electron chi connectivity index (χ1n) is 18.3. The van der Waals surface area contributed by atoms with Crippen LogP contribution in [-0.2, 0) is 26.3 Å². The van der Waals surface area contributed by atoms with Crippen molar-refractivity contribution in [3.8, 4) is 23.0 Å². The molecular weight excluding hydrogens is 810 g/mol. The third-order valence-corrected chi connectivity index (χ3v) is 11.2. The van der Waals surface area contributed by atoms with Crippen molar-refractivity contribution in [2.24, 2.45) is 6.98 Å². The van der Waals surface area contributed by atoms with Crippen LogP contribution in [0, 0.1) is 10.7 Å². The number of imidazole rings is 1. The van der Waals surface area contributed by atoms with Crippen LogP contribution in [0.15, 0.2) is 140 Å². The molecule has 0 spiro atoms. The summed E-state index contributed by atoms with van der Waals surface area (Å²) in [5, 5.41) is 7.22. The number of fused-ring (bicyclic) bond motifs is 10. The third kappa shape index (κ3) is 4.02. The van der Waals surface area contributed by atoms with Gasteiger partial charge in [-0.05, 0) is 24.6 Å². The number of rotatable bonds is 4. The molecule has 246 valence electrons. The fraction of sp³-hybridized carbons (Fsp3) is 0.0455. The Hall–Kier alpha value is -5.97. The number of pyridine rings is 1. The van der Waals surface area contributed by atoms with E-state index in [0.717, 1.165) is 49.9 Å². The average molecular weight is 842 g/mol. The van der Waals surface area contributed by atoms with Crippen LogP contribution < -0.4 is 4.74 Å². The SMILES string of the molecule is [2H]C([2H])([2H])n1[c](=[Pt])n(-c2cccc(Oc3ccc4c5cc6c7cccc8c9ccccc9n(c6cc5n(-c5cc(C)ccn5)c4c3)c87)c2)c2ccccc21. The van der Waals surface area contributed by atoms with Gasteiger partial charge in [-0.3, -0.25) is 0 Å². The van der Waals surface area contributed by atoms with E-state index in [1.807, 2.05) is 71.4 Å². The molecule has 6 nitrogen and oxygen atoms in total. The summed E-state index contributed by atoms with van der Waals surface area (Å²) in [6.07, 6.45) is 1.86. The Morgan fingerprint density at radius 2 is 1.27 bits per heavy atom. The predicted molar refractivity (Wildman–Crippen MR) is 204 cm³/mol. The molecule has 5 heterocycles. The number of nitrogens with zero attached hydrogens (tertiary/aromatic N) is 5. The van der Waals surface area contributed by atoms with Crippen LogP contribution in [0.4, 0.5) is 0 Å². The molecule has 0 fully saturated rings. The van der Waals surface area contributed by atoms with Crippen LogP contribution in [0.25, 0.3) is 82.4 Å². The molecule has 11 rings (SSSR count). The zero-order valence-corrected chi connectivity index (χ0v) is 29.5. The molecule has 11 aromatic rings. The monoisotopic (exact) mass is 841 g/mol. The zero-order chi connectivity index (χ0) is 36.5. The van der Waals surface area contributed by atoms with Crippen LogP contribution in [0.3, 0.4) is 0 Å². The van der Waals surface area contributed by atoms with Gasteiger partial charge in [0, 0.05) is 27.7 Å². The third-order valence-electron chi connectivity index (χ3n) is 10.2. The van der Waals surface area contributed by atoms with E-state index in [9.17, 15) is 0 Å². The van der Waals surface area contributed by atoms with Crippen molar-refractivity contribution in [2.75, 3.05) is 0 Å². The Kier molecular flexibility index (Phi) is 5.35. The second-order valence-electron chi connectivity index (χ2n) is 13.1. The predicted octanol–water partition coefficient (Wildman–Crippen LogP) is 10.8. The van der Waals surface area contributed by atoms with E-state index < -0.39 is 6.98 Å². The van der Waals surface area contributed by atoms with Gasteiger partial charge in [-0.15, -0.1) is 0 Å². The van der Waals surface area contributed by atoms with E-state index in [-0.39, 0.29) is 0 Å². The van der Waals surface area contributed by atoms with Crippen LogP contribution >= 0.6 is 0 Å². The van der Waals surface area contributed by atoms with Gasteiger partial charge in [-0.1, -0.05) is 36.4 Å². The summed E-state index contributed by atoms with van der Waals surface area (Å²) < 4.78 is 39.9. The van der Waals surface area contributed by atoms with Gasteiger partial charge in [0.2, 0.25) is 0 Å². The zero-order valence-electron chi connectivity index (χ0n) is 30.2. The molecule has 0 amide bonds. The van der Waals surface area contributed by atoms with Crippen molar-refractivity contribution >= 4 is 70.9 Å². The van der Waals surface area contributed by atoms with Crippen molar-refractivity contribution in [1.29, 1.82) is 0 Å². The van der Waals surface area contributed by atoms with Crippen LogP contribution in [-0.4, -0.2) is 23.1 Å². The Bertz CT molecular complexity index is 3410. The van der Waals surface area contributed by atoms with Gasteiger partial charge < -0.3 is 4.40 Å². The molecule has 5 aromatic heterocycles. The summed E-state index contributed by atoms with van der Waals surface area (Å²) in [6, 6.07) is 45.6. The van der Waals surface area contributed by atoms with Crippen LogP contribution in [0.1, 0.15) is 9.68 Å². The number of hydrogen-bond acceptors (Lipinski definition) is 2. The minimum absolute atomic E-state index is 0.577. The van der Waals surface area contributed by atoms with E-state index in [1.54, 1.807) is 0 Å². The Morgan fingerprint density at radius 1 is 0.569 bits per heavy atom. The first-order valence-corrected chi connectivity index (χ1v) is 17.9. The van der Waals surface area contributed by atoms with Crippen molar-refractivity contribution in [2.45, 2.75) is 6.92 Å². The van der Waals surface area contributed by atoms with E-state index in [0.29, 0.717) is 20.8 Å². The molecule has 0 unspecified atom stereocenters. The molecule has 0 aliphatic heterocycles. The summed E-state index contributed by atoms with van der Waals surface area (Å²) in [6.45, 7) is -0.242. The van der Waals surface area contributed by atoms with Crippen molar-refractivity contribution in [3.05, 3.63) is 149 Å². The van der Waals surface area contributed by atoms with E-state index in [2.05, 4.69) is 108 Å². The molecule has 0 aliphatic rings. The Balaban J connectivity index is 1.11. The van der Waals surface area contributed by atoms with Gasteiger partial charge in [-0.25, -0.2) is 0 Å². The normalized spacial score (nSPS) is 13.4. The molecule has 0 saturated heterocycles. The number of ether oxygens (including phenoxy) is 1. The van der Waals surface area contributed by atoms with Crippen molar-refractivity contribution in [1.82, 2.24) is 23.1 Å². The van der Waals surface area contributed by atoms with E-state index >= 15 is 0 Å². The molecular formula is C44H29N5OPt. The molecule has 0 N–H and O–H groups in total. The van der Waals surface area contributed by atoms with Gasteiger partial charge in [0.1, 0.15) is 0 Å². The maximum absolute atomic E-state index is 8.23. The fourth-order valence-electron chi connectivity index (χ4n) is 8.06.